The summed E-state index contributed by atoms with van der Waals surface area (Å²) in [5, 5.41) is 7.69. The number of nitrogens with two attached hydrogens (primary N) is 1. The van der Waals surface area contributed by atoms with Crippen molar-refractivity contribution in [2.24, 2.45) is 5.73 Å². The molecule has 1 aromatic heterocycles. The minimum atomic E-state index is 0. The van der Waals surface area contributed by atoms with E-state index < -0.39 is 0 Å². The Bertz CT molecular complexity index is 262. The average Bonchev–Trinajstić information content (AvgIpc) is 2.75. The molecule has 7 heteroatoms. The van der Waals surface area contributed by atoms with Gasteiger partial charge in [0.15, 0.2) is 0 Å². The highest BCUT2D eigenvalue weighted by atomic mass is 35.5. The lowest BCUT2D eigenvalue weighted by molar-refractivity contribution is 0.492. The lowest BCUT2D eigenvalue weighted by atomic mass is 10.4. The average molecular weight is 241 g/mol. The van der Waals surface area contributed by atoms with Crippen LogP contribution in [0.5, 0.6) is 0 Å². The molecule has 0 radical (unpaired) electrons. The second-order valence-electron chi connectivity index (χ2n) is 2.88. The summed E-state index contributed by atoms with van der Waals surface area (Å²) in [6, 6.07) is 0.618. The van der Waals surface area contributed by atoms with Gasteiger partial charge >= 0.3 is 6.01 Å². The lowest BCUT2D eigenvalue weighted by Gasteiger charge is -2.09. The number of hydrogen-bond acceptors (Lipinski definition) is 5. The van der Waals surface area contributed by atoms with Crippen molar-refractivity contribution in [3.05, 3.63) is 5.89 Å². The van der Waals surface area contributed by atoms with Crippen molar-refractivity contribution in [1.29, 1.82) is 0 Å². The van der Waals surface area contributed by atoms with Crippen molar-refractivity contribution in [1.82, 2.24) is 10.2 Å². The van der Waals surface area contributed by atoms with Gasteiger partial charge in [-0.3, -0.25) is 0 Å². The summed E-state index contributed by atoms with van der Waals surface area (Å²) in [5.74, 6) is 0.511. The van der Waals surface area contributed by atoms with Gasteiger partial charge < -0.3 is 15.1 Å². The van der Waals surface area contributed by atoms with E-state index in [0.29, 0.717) is 18.5 Å². The Balaban J connectivity index is 0.000000845. The summed E-state index contributed by atoms with van der Waals surface area (Å²) >= 11 is 0. The van der Waals surface area contributed by atoms with Crippen LogP contribution in [0.1, 0.15) is 18.7 Å². The monoisotopic (exact) mass is 240 g/mol. The molecule has 0 unspecified atom stereocenters. The van der Waals surface area contributed by atoms with E-state index in [2.05, 4.69) is 15.1 Å². The summed E-state index contributed by atoms with van der Waals surface area (Å²) in [6.45, 7) is 2.36. The fourth-order valence-corrected chi connectivity index (χ4v) is 1.36. The first kappa shape index (κ1) is 13.5. The van der Waals surface area contributed by atoms with E-state index in [9.17, 15) is 0 Å². The van der Waals surface area contributed by atoms with Crippen molar-refractivity contribution < 1.29 is 4.42 Å². The van der Waals surface area contributed by atoms with Gasteiger partial charge in [-0.2, -0.15) is 0 Å². The van der Waals surface area contributed by atoms with Crippen molar-refractivity contribution >= 4 is 30.8 Å². The van der Waals surface area contributed by atoms with Gasteiger partial charge in [0.05, 0.1) is 6.54 Å². The zero-order valence-electron chi connectivity index (χ0n) is 7.68. The summed E-state index contributed by atoms with van der Waals surface area (Å²) in [4.78, 5) is 2.09. The SMILES string of the molecule is Cl.Cl.NCc1nnc(N2CCCC2)o1. The molecule has 1 saturated heterocycles. The third-order valence-electron chi connectivity index (χ3n) is 2.01. The number of rotatable bonds is 2. The first-order valence-corrected chi connectivity index (χ1v) is 4.17. The third kappa shape index (κ3) is 2.73. The highest BCUT2D eigenvalue weighted by molar-refractivity contribution is 5.85. The van der Waals surface area contributed by atoms with Crippen molar-refractivity contribution in [3.8, 4) is 0 Å². The lowest BCUT2D eigenvalue weighted by Crippen LogP contribution is -2.17. The molecule has 0 amide bonds. The van der Waals surface area contributed by atoms with Crippen LogP contribution >= 0.6 is 24.8 Å². The molecule has 1 fully saturated rings. The molecule has 0 spiro atoms. The van der Waals surface area contributed by atoms with Gasteiger partial charge in [0.2, 0.25) is 5.89 Å². The first-order chi connectivity index (χ1) is 5.90. The first-order valence-electron chi connectivity index (χ1n) is 4.17. The number of hydrogen-bond donors (Lipinski definition) is 1. The Hall–Kier alpha value is -0.520. The van der Waals surface area contributed by atoms with E-state index in [4.69, 9.17) is 10.2 Å². The fraction of sp³-hybridized carbons (Fsp3) is 0.714. The zero-order chi connectivity index (χ0) is 8.39. The Kier molecular flexibility index (Phi) is 5.83. The van der Waals surface area contributed by atoms with E-state index in [1.165, 1.54) is 12.8 Å². The highest BCUT2D eigenvalue weighted by Gasteiger charge is 2.17. The highest BCUT2D eigenvalue weighted by Crippen LogP contribution is 2.17. The van der Waals surface area contributed by atoms with Gasteiger partial charge in [-0.05, 0) is 12.8 Å². The number of aromatic nitrogens is 2. The Morgan fingerprint density at radius 2 is 1.86 bits per heavy atom. The number of nitrogens with zero attached hydrogens (tertiary/aromatic N) is 3. The number of anilines is 1. The minimum absolute atomic E-state index is 0. The summed E-state index contributed by atoms with van der Waals surface area (Å²) in [5.41, 5.74) is 5.35. The van der Waals surface area contributed by atoms with Crippen molar-refractivity contribution in [3.63, 3.8) is 0 Å². The Morgan fingerprint density at radius 3 is 2.36 bits per heavy atom. The van der Waals surface area contributed by atoms with E-state index >= 15 is 0 Å². The van der Waals surface area contributed by atoms with Gasteiger partial charge in [0.25, 0.3) is 0 Å². The molecule has 2 heterocycles. The van der Waals surface area contributed by atoms with Crippen molar-refractivity contribution in [2.45, 2.75) is 19.4 Å². The van der Waals surface area contributed by atoms with Crippen LogP contribution in [0, 0.1) is 0 Å². The molecule has 14 heavy (non-hydrogen) atoms. The summed E-state index contributed by atoms with van der Waals surface area (Å²) in [7, 11) is 0. The number of halogens is 2. The van der Waals surface area contributed by atoms with Crippen LogP contribution in [0.3, 0.4) is 0 Å². The maximum atomic E-state index is 5.35. The summed E-state index contributed by atoms with van der Waals surface area (Å²) in [6.07, 6.45) is 2.42. The molecule has 0 bridgehead atoms. The second-order valence-corrected chi connectivity index (χ2v) is 2.88. The molecule has 2 rings (SSSR count). The van der Waals surface area contributed by atoms with Gasteiger partial charge in [-0.25, -0.2) is 0 Å². The predicted molar refractivity (Wildman–Crippen MR) is 58.1 cm³/mol. The van der Waals surface area contributed by atoms with Gasteiger partial charge in [0, 0.05) is 13.1 Å². The largest absolute Gasteiger partial charge is 0.407 e. The van der Waals surface area contributed by atoms with E-state index in [-0.39, 0.29) is 24.8 Å². The molecular formula is C7H14Cl2N4O. The quantitative estimate of drug-likeness (QED) is 0.835. The molecular weight excluding hydrogens is 227 g/mol. The van der Waals surface area contributed by atoms with Crippen LogP contribution in [0.4, 0.5) is 6.01 Å². The normalized spacial score (nSPS) is 14.8. The molecule has 2 N–H and O–H groups in total. The van der Waals surface area contributed by atoms with Crippen molar-refractivity contribution in [2.75, 3.05) is 18.0 Å². The molecule has 1 aliphatic heterocycles. The van der Waals surface area contributed by atoms with E-state index in [0.717, 1.165) is 13.1 Å². The molecule has 0 saturated carbocycles. The fourth-order valence-electron chi connectivity index (χ4n) is 1.36. The predicted octanol–water partition coefficient (Wildman–Crippen LogP) is 0.972. The van der Waals surface area contributed by atoms with E-state index in [1.54, 1.807) is 0 Å². The van der Waals surface area contributed by atoms with Crippen LogP contribution in [0.2, 0.25) is 0 Å². The zero-order valence-corrected chi connectivity index (χ0v) is 9.31. The topological polar surface area (TPSA) is 68.2 Å². The van der Waals surface area contributed by atoms with Crippen LogP contribution in [-0.2, 0) is 6.54 Å². The molecule has 0 aliphatic carbocycles. The van der Waals surface area contributed by atoms with Crippen LogP contribution in [0.25, 0.3) is 0 Å². The third-order valence-corrected chi connectivity index (χ3v) is 2.01. The molecule has 0 atom stereocenters. The molecule has 1 aromatic rings. The van der Waals surface area contributed by atoms with Gasteiger partial charge in [-0.1, -0.05) is 5.10 Å². The molecule has 82 valence electrons. The Morgan fingerprint density at radius 1 is 1.21 bits per heavy atom. The maximum Gasteiger partial charge on any atom is 0.318 e. The molecule has 1 aliphatic rings. The van der Waals surface area contributed by atoms with Crippen LogP contribution in [-0.4, -0.2) is 23.3 Å². The molecule has 0 aromatic carbocycles. The smallest absolute Gasteiger partial charge is 0.318 e. The maximum absolute atomic E-state index is 5.35. The summed E-state index contributed by atoms with van der Waals surface area (Å²) < 4.78 is 5.30. The standard InChI is InChI=1S/C7H12N4O.2ClH/c8-5-6-9-10-7(12-6)11-3-1-2-4-11;;/h1-5,8H2;2*1H. The van der Waals surface area contributed by atoms with Crippen LogP contribution < -0.4 is 10.6 Å². The van der Waals surface area contributed by atoms with Gasteiger partial charge in [-0.15, -0.1) is 29.9 Å². The minimum Gasteiger partial charge on any atom is -0.407 e. The van der Waals surface area contributed by atoms with Gasteiger partial charge in [0.1, 0.15) is 0 Å². The second kappa shape index (κ2) is 6.06. The molecule has 5 nitrogen and oxygen atoms in total. The van der Waals surface area contributed by atoms with E-state index in [1.807, 2.05) is 0 Å². The Labute approximate surface area is 94.9 Å². The van der Waals surface area contributed by atoms with Crippen LogP contribution in [0.15, 0.2) is 4.42 Å².